The van der Waals surface area contributed by atoms with Crippen molar-refractivity contribution in [3.8, 4) is 5.75 Å². The molecule has 0 aromatic heterocycles. The number of hydrogen-bond acceptors (Lipinski definition) is 6. The molecule has 2 aromatic carbocycles. The van der Waals surface area contributed by atoms with Crippen molar-refractivity contribution in [2.24, 2.45) is 0 Å². The Morgan fingerprint density at radius 1 is 1.21 bits per heavy atom. The van der Waals surface area contributed by atoms with E-state index in [0.29, 0.717) is 20.6 Å². The van der Waals surface area contributed by atoms with Crippen LogP contribution in [0, 0.1) is 6.92 Å². The molecule has 0 spiro atoms. The van der Waals surface area contributed by atoms with E-state index in [9.17, 15) is 21.6 Å². The van der Waals surface area contributed by atoms with Gasteiger partial charge in [0, 0.05) is 11.4 Å². The lowest BCUT2D eigenvalue weighted by Crippen LogP contribution is -2.29. The number of sulfonamides is 2. The lowest BCUT2D eigenvalue weighted by atomic mass is 10.2. The lowest BCUT2D eigenvalue weighted by Gasteiger charge is -2.19. The molecule has 8 nitrogen and oxygen atoms in total. The van der Waals surface area contributed by atoms with Crippen molar-refractivity contribution in [3.63, 3.8) is 0 Å². The Hall–Kier alpha value is -2.30. The fourth-order valence-electron chi connectivity index (χ4n) is 2.92. The number of nitrogens with zero attached hydrogens (tertiary/aromatic N) is 1. The minimum atomic E-state index is -4.16. The van der Waals surface area contributed by atoms with Gasteiger partial charge < -0.3 is 4.74 Å². The van der Waals surface area contributed by atoms with Crippen LogP contribution >= 0.6 is 11.6 Å². The van der Waals surface area contributed by atoms with Gasteiger partial charge in [-0.05, 0) is 55.8 Å². The van der Waals surface area contributed by atoms with Gasteiger partial charge in [-0.2, -0.15) is 0 Å². The first-order valence-corrected chi connectivity index (χ1v) is 12.1. The smallest absolute Gasteiger partial charge is 0.265 e. The highest BCUT2D eigenvalue weighted by molar-refractivity contribution is 7.94. The first-order chi connectivity index (χ1) is 13.5. The molecular formula is C18H19ClN2O6S2. The van der Waals surface area contributed by atoms with Crippen molar-refractivity contribution in [2.75, 3.05) is 21.4 Å². The molecule has 0 saturated carbocycles. The molecule has 29 heavy (non-hydrogen) atoms. The summed E-state index contributed by atoms with van der Waals surface area (Å²) in [5.74, 6) is -0.887. The lowest BCUT2D eigenvalue weighted by molar-refractivity contribution is -0.116. The largest absolute Gasteiger partial charge is 0.492 e. The highest BCUT2D eigenvalue weighted by Crippen LogP contribution is 2.34. The van der Waals surface area contributed by atoms with Crippen molar-refractivity contribution in [1.29, 1.82) is 0 Å². The third kappa shape index (κ3) is 4.34. The molecule has 0 radical (unpaired) electrons. The Labute approximate surface area is 174 Å². The third-order valence-electron chi connectivity index (χ3n) is 4.26. The first-order valence-electron chi connectivity index (χ1n) is 8.67. The van der Waals surface area contributed by atoms with Crippen molar-refractivity contribution in [2.45, 2.75) is 25.2 Å². The summed E-state index contributed by atoms with van der Waals surface area (Å²) in [6, 6.07) is 8.48. The number of nitrogens with one attached hydrogen (secondary N) is 1. The quantitative estimate of drug-likeness (QED) is 0.712. The van der Waals surface area contributed by atoms with E-state index in [4.69, 9.17) is 16.3 Å². The van der Waals surface area contributed by atoms with E-state index >= 15 is 0 Å². The Morgan fingerprint density at radius 2 is 1.93 bits per heavy atom. The second kappa shape index (κ2) is 7.85. The van der Waals surface area contributed by atoms with Gasteiger partial charge in [0.15, 0.2) is 0 Å². The van der Waals surface area contributed by atoms with Gasteiger partial charge in [0.2, 0.25) is 15.9 Å². The molecule has 0 aliphatic carbocycles. The second-order valence-corrected chi connectivity index (χ2v) is 10.4. The Kier molecular flexibility index (Phi) is 5.79. The minimum absolute atomic E-state index is 0.0411. The van der Waals surface area contributed by atoms with Gasteiger partial charge in [0.1, 0.15) is 10.6 Å². The Bertz CT molecular complexity index is 1180. The molecule has 1 N–H and O–H groups in total. The van der Waals surface area contributed by atoms with Gasteiger partial charge in [-0.1, -0.05) is 11.6 Å². The standard InChI is InChI=1S/C18H19ClN2O6S2/c1-3-27-16-7-5-14(21-18(22)8-9-28(21,23)24)11-17(16)29(25,26)20-15-6-4-13(19)10-12(15)2/h4-7,10-11,20H,3,8-9H2,1-2H3. The number of hydrogen-bond donors (Lipinski definition) is 1. The van der Waals surface area contributed by atoms with E-state index in [2.05, 4.69) is 4.72 Å². The Balaban J connectivity index is 2.09. The maximum Gasteiger partial charge on any atom is 0.265 e. The number of carbonyl (C=O) groups is 1. The van der Waals surface area contributed by atoms with Crippen LogP contribution in [0.15, 0.2) is 41.3 Å². The fourth-order valence-corrected chi connectivity index (χ4v) is 5.89. The summed E-state index contributed by atoms with van der Waals surface area (Å²) < 4.78 is 59.1. The second-order valence-electron chi connectivity index (χ2n) is 6.35. The zero-order chi connectivity index (χ0) is 21.4. The molecule has 0 atom stereocenters. The molecular weight excluding hydrogens is 440 g/mol. The SMILES string of the molecule is CCOc1ccc(N2C(=O)CCS2(=O)=O)cc1S(=O)(=O)Nc1ccc(Cl)cc1C. The molecule has 0 bridgehead atoms. The number of amides is 1. The van der Waals surface area contributed by atoms with E-state index in [1.54, 1.807) is 26.0 Å². The van der Waals surface area contributed by atoms with Gasteiger partial charge >= 0.3 is 0 Å². The predicted molar refractivity (Wildman–Crippen MR) is 110 cm³/mol. The Morgan fingerprint density at radius 3 is 2.52 bits per heavy atom. The number of aryl methyl sites for hydroxylation is 1. The van der Waals surface area contributed by atoms with E-state index in [1.807, 2.05) is 0 Å². The van der Waals surface area contributed by atoms with Crippen LogP contribution in [0.3, 0.4) is 0 Å². The third-order valence-corrected chi connectivity index (χ3v) is 7.58. The number of benzene rings is 2. The summed E-state index contributed by atoms with van der Waals surface area (Å²) in [5.41, 5.74) is 0.865. The number of ether oxygens (including phenoxy) is 1. The zero-order valence-corrected chi connectivity index (χ0v) is 18.1. The van der Waals surface area contributed by atoms with E-state index in [1.165, 1.54) is 18.2 Å². The van der Waals surface area contributed by atoms with Crippen molar-refractivity contribution >= 4 is 48.9 Å². The molecule has 1 amide bonds. The van der Waals surface area contributed by atoms with Crippen LogP contribution in [0.2, 0.25) is 5.02 Å². The van der Waals surface area contributed by atoms with E-state index < -0.39 is 26.0 Å². The van der Waals surface area contributed by atoms with Gasteiger partial charge in [-0.15, -0.1) is 0 Å². The maximum absolute atomic E-state index is 13.1. The van der Waals surface area contributed by atoms with Gasteiger partial charge in [-0.3, -0.25) is 9.52 Å². The van der Waals surface area contributed by atoms with E-state index in [0.717, 1.165) is 6.07 Å². The molecule has 1 saturated heterocycles. The molecule has 11 heteroatoms. The van der Waals surface area contributed by atoms with Crippen molar-refractivity contribution < 1.29 is 26.4 Å². The van der Waals surface area contributed by atoms with Crippen LogP contribution in [0.5, 0.6) is 5.75 Å². The topological polar surface area (TPSA) is 110 Å². The van der Waals surface area contributed by atoms with Crippen LogP contribution < -0.4 is 13.8 Å². The van der Waals surface area contributed by atoms with Crippen LogP contribution in [0.1, 0.15) is 18.9 Å². The molecule has 156 valence electrons. The van der Waals surface area contributed by atoms with E-state index in [-0.39, 0.29) is 35.1 Å². The molecule has 2 aromatic rings. The summed E-state index contributed by atoms with van der Waals surface area (Å²) in [4.78, 5) is 11.8. The number of carbonyl (C=O) groups excluding carboxylic acids is 1. The molecule has 1 aliphatic heterocycles. The highest BCUT2D eigenvalue weighted by atomic mass is 35.5. The highest BCUT2D eigenvalue weighted by Gasteiger charge is 2.37. The van der Waals surface area contributed by atoms with Crippen LogP contribution in [0.25, 0.3) is 0 Å². The average Bonchev–Trinajstić information content (AvgIpc) is 2.91. The predicted octanol–water partition coefficient (Wildman–Crippen LogP) is 2.91. The van der Waals surface area contributed by atoms with Crippen LogP contribution in [0.4, 0.5) is 11.4 Å². The van der Waals surface area contributed by atoms with Crippen LogP contribution in [-0.2, 0) is 24.8 Å². The summed E-state index contributed by atoms with van der Waals surface area (Å²) in [7, 11) is -7.99. The minimum Gasteiger partial charge on any atom is -0.492 e. The number of halogens is 1. The number of anilines is 2. The summed E-state index contributed by atoms with van der Waals surface area (Å²) >= 11 is 5.91. The fraction of sp³-hybridized carbons (Fsp3) is 0.278. The van der Waals surface area contributed by atoms with Crippen molar-refractivity contribution in [3.05, 3.63) is 47.0 Å². The molecule has 3 rings (SSSR count). The van der Waals surface area contributed by atoms with Gasteiger partial charge in [-0.25, -0.2) is 21.1 Å². The average molecular weight is 459 g/mol. The summed E-state index contributed by atoms with van der Waals surface area (Å²) in [6.07, 6.45) is -0.153. The summed E-state index contributed by atoms with van der Waals surface area (Å²) in [5, 5.41) is 0.459. The molecule has 1 fully saturated rings. The maximum atomic E-state index is 13.1. The van der Waals surface area contributed by atoms with Gasteiger partial charge in [0.05, 0.1) is 23.7 Å². The molecule has 1 heterocycles. The normalized spacial score (nSPS) is 16.1. The van der Waals surface area contributed by atoms with Crippen molar-refractivity contribution in [1.82, 2.24) is 0 Å². The zero-order valence-electron chi connectivity index (χ0n) is 15.7. The molecule has 0 unspecified atom stereocenters. The van der Waals surface area contributed by atoms with Crippen LogP contribution in [-0.4, -0.2) is 35.1 Å². The first kappa shape index (κ1) is 21.4. The monoisotopic (exact) mass is 458 g/mol. The molecule has 1 aliphatic rings. The number of rotatable bonds is 6. The van der Waals surface area contributed by atoms with Gasteiger partial charge in [0.25, 0.3) is 10.0 Å². The summed E-state index contributed by atoms with van der Waals surface area (Å²) in [6.45, 7) is 3.58.